The fraction of sp³-hybridized carbons (Fsp3) is 0.0556. The van der Waals surface area contributed by atoms with E-state index in [2.05, 4.69) is 4.72 Å². The van der Waals surface area contributed by atoms with Gasteiger partial charge in [-0.15, -0.1) is 0 Å². The van der Waals surface area contributed by atoms with Gasteiger partial charge >= 0.3 is 0 Å². The number of rotatable bonds is 6. The third-order valence-electron chi connectivity index (χ3n) is 3.22. The maximum Gasteiger partial charge on any atom is 0.267 e. The van der Waals surface area contributed by atoms with Crippen LogP contribution in [0.3, 0.4) is 0 Å². The largest absolute Gasteiger partial charge is 0.288 e. The molecule has 0 atom stereocenters. The van der Waals surface area contributed by atoms with Gasteiger partial charge in [0.15, 0.2) is 0 Å². The molecule has 6 nitrogen and oxygen atoms in total. The lowest BCUT2D eigenvalue weighted by atomic mass is 10.1. The Bertz CT molecular complexity index is 886. The highest BCUT2D eigenvalue weighted by molar-refractivity contribution is 7.92. The molecule has 2 aromatic carbocycles. The molecule has 0 aliphatic carbocycles. The van der Waals surface area contributed by atoms with Crippen LogP contribution in [0.25, 0.3) is 6.08 Å². The average Bonchev–Trinajstić information content (AvgIpc) is 2.62. The first-order valence-corrected chi connectivity index (χ1v) is 8.87. The molecule has 130 valence electrons. The molecule has 0 bridgehead atoms. The van der Waals surface area contributed by atoms with Crippen molar-refractivity contribution in [2.45, 2.75) is 11.8 Å². The summed E-state index contributed by atoms with van der Waals surface area (Å²) in [6.07, 6.45) is 4.57. The molecule has 0 spiro atoms. The normalized spacial score (nSPS) is 12.2. The lowest BCUT2D eigenvalue weighted by Crippen LogP contribution is -2.14. The highest BCUT2D eigenvalue weighted by Gasteiger charge is 2.12. The molecule has 2 rings (SSSR count). The van der Waals surface area contributed by atoms with Gasteiger partial charge in [-0.05, 0) is 36.8 Å². The fourth-order valence-corrected chi connectivity index (χ4v) is 3.10. The quantitative estimate of drug-likeness (QED) is 0.320. The van der Waals surface area contributed by atoms with Gasteiger partial charge in [0.05, 0.1) is 4.90 Å². The van der Waals surface area contributed by atoms with E-state index in [-0.39, 0.29) is 4.90 Å². The lowest BCUT2D eigenvalue weighted by molar-refractivity contribution is -0.124. The van der Waals surface area contributed by atoms with Crippen LogP contribution in [0, 0.1) is 0 Å². The minimum absolute atomic E-state index is 0.196. The molecule has 2 aromatic rings. The number of nitrogens with one attached hydrogen (secondary N) is 2. The molecule has 0 saturated heterocycles. The summed E-state index contributed by atoms with van der Waals surface area (Å²) in [6, 6.07) is 15.0. The molecule has 0 aliphatic heterocycles. The standard InChI is InChI=1S/C18H18N2O4S/c1-14(7-12-18(21)19-22)13-15-8-10-16(11-9-15)20-25(23,24)17-5-3-2-4-6-17/h2-13,20,22H,1H3,(H,19,21)/b12-7+,14-13+. The van der Waals surface area contributed by atoms with E-state index in [1.165, 1.54) is 23.7 Å². The van der Waals surface area contributed by atoms with E-state index in [1.807, 2.05) is 6.08 Å². The number of carbonyl (C=O) groups is 1. The van der Waals surface area contributed by atoms with E-state index in [4.69, 9.17) is 5.21 Å². The highest BCUT2D eigenvalue weighted by Crippen LogP contribution is 2.17. The Morgan fingerprint density at radius 2 is 1.64 bits per heavy atom. The van der Waals surface area contributed by atoms with Crippen LogP contribution in [-0.4, -0.2) is 19.5 Å². The van der Waals surface area contributed by atoms with Crippen molar-refractivity contribution in [1.29, 1.82) is 0 Å². The van der Waals surface area contributed by atoms with Gasteiger partial charge in [0.2, 0.25) is 0 Å². The van der Waals surface area contributed by atoms with Crippen molar-refractivity contribution < 1.29 is 18.4 Å². The number of amides is 1. The molecule has 0 aliphatic rings. The van der Waals surface area contributed by atoms with Crippen LogP contribution in [0.5, 0.6) is 0 Å². The third kappa shape index (κ3) is 5.59. The first-order chi connectivity index (χ1) is 11.9. The summed E-state index contributed by atoms with van der Waals surface area (Å²) in [7, 11) is -3.62. The van der Waals surface area contributed by atoms with Crippen molar-refractivity contribution in [2.75, 3.05) is 4.72 Å². The Hall–Kier alpha value is -2.90. The lowest BCUT2D eigenvalue weighted by Gasteiger charge is -2.08. The van der Waals surface area contributed by atoms with E-state index in [1.54, 1.807) is 55.5 Å². The van der Waals surface area contributed by atoms with Gasteiger partial charge in [-0.3, -0.25) is 14.7 Å². The summed E-state index contributed by atoms with van der Waals surface area (Å²) in [5, 5.41) is 8.42. The van der Waals surface area contributed by atoms with E-state index in [0.717, 1.165) is 11.1 Å². The predicted octanol–water partition coefficient (Wildman–Crippen LogP) is 2.95. The van der Waals surface area contributed by atoms with E-state index in [0.29, 0.717) is 5.69 Å². The molecule has 0 aromatic heterocycles. The molecule has 1 amide bonds. The van der Waals surface area contributed by atoms with Crippen LogP contribution >= 0.6 is 0 Å². The summed E-state index contributed by atoms with van der Waals surface area (Å²) >= 11 is 0. The Morgan fingerprint density at radius 1 is 1.00 bits per heavy atom. The van der Waals surface area contributed by atoms with Gasteiger partial charge < -0.3 is 0 Å². The topological polar surface area (TPSA) is 95.5 Å². The number of hydrogen-bond acceptors (Lipinski definition) is 4. The van der Waals surface area contributed by atoms with Crippen molar-refractivity contribution >= 4 is 27.7 Å². The van der Waals surface area contributed by atoms with Crippen LogP contribution in [0.2, 0.25) is 0 Å². The van der Waals surface area contributed by atoms with E-state index in [9.17, 15) is 13.2 Å². The van der Waals surface area contributed by atoms with Crippen molar-refractivity contribution in [3.05, 3.63) is 77.9 Å². The number of sulfonamides is 1. The zero-order valence-electron chi connectivity index (χ0n) is 13.5. The minimum Gasteiger partial charge on any atom is -0.288 e. The first-order valence-electron chi connectivity index (χ1n) is 7.39. The maximum atomic E-state index is 12.3. The molecule has 0 fully saturated rings. The van der Waals surface area contributed by atoms with Crippen molar-refractivity contribution in [3.8, 4) is 0 Å². The molecule has 25 heavy (non-hydrogen) atoms. The number of hydrogen-bond donors (Lipinski definition) is 3. The Labute approximate surface area is 146 Å². The van der Waals surface area contributed by atoms with Crippen LogP contribution < -0.4 is 10.2 Å². The maximum absolute atomic E-state index is 12.3. The summed E-state index contributed by atoms with van der Waals surface area (Å²) in [6.45, 7) is 1.80. The highest BCUT2D eigenvalue weighted by atomic mass is 32.2. The number of anilines is 1. The summed E-state index contributed by atoms with van der Waals surface area (Å²) in [5.41, 5.74) is 3.60. The number of benzene rings is 2. The monoisotopic (exact) mass is 358 g/mol. The van der Waals surface area contributed by atoms with Gasteiger partial charge in [-0.25, -0.2) is 13.9 Å². The van der Waals surface area contributed by atoms with Gasteiger partial charge in [-0.1, -0.05) is 48.1 Å². The van der Waals surface area contributed by atoms with Crippen LogP contribution in [0.1, 0.15) is 12.5 Å². The third-order valence-corrected chi connectivity index (χ3v) is 4.62. The molecular formula is C18H18N2O4S. The molecule has 0 radical (unpaired) electrons. The molecule has 3 N–H and O–H groups in total. The SMILES string of the molecule is CC(/C=C/C(=O)NO)=C\c1ccc(NS(=O)(=O)c2ccccc2)cc1. The van der Waals surface area contributed by atoms with E-state index >= 15 is 0 Å². The number of hydroxylamine groups is 1. The zero-order valence-corrected chi connectivity index (χ0v) is 14.3. The molecule has 0 saturated carbocycles. The Balaban J connectivity index is 2.10. The summed E-state index contributed by atoms with van der Waals surface area (Å²) < 4.78 is 27.0. The fourth-order valence-electron chi connectivity index (χ4n) is 2.02. The van der Waals surface area contributed by atoms with E-state index < -0.39 is 15.9 Å². The minimum atomic E-state index is -3.62. The Kier molecular flexibility index (Phi) is 6.10. The zero-order chi connectivity index (χ0) is 18.3. The second-order valence-electron chi connectivity index (χ2n) is 5.24. The smallest absolute Gasteiger partial charge is 0.267 e. The summed E-state index contributed by atoms with van der Waals surface area (Å²) in [5.74, 6) is -0.613. The van der Waals surface area contributed by atoms with Gasteiger partial charge in [-0.2, -0.15) is 0 Å². The van der Waals surface area contributed by atoms with Crippen LogP contribution in [-0.2, 0) is 14.8 Å². The first kappa shape index (κ1) is 18.4. The van der Waals surface area contributed by atoms with Crippen LogP contribution in [0.4, 0.5) is 5.69 Å². The van der Waals surface area contributed by atoms with Crippen molar-refractivity contribution in [1.82, 2.24) is 5.48 Å². The van der Waals surface area contributed by atoms with Crippen molar-refractivity contribution in [3.63, 3.8) is 0 Å². The van der Waals surface area contributed by atoms with Gasteiger partial charge in [0, 0.05) is 11.8 Å². The average molecular weight is 358 g/mol. The second-order valence-corrected chi connectivity index (χ2v) is 6.92. The van der Waals surface area contributed by atoms with Gasteiger partial charge in [0.1, 0.15) is 0 Å². The van der Waals surface area contributed by atoms with Gasteiger partial charge in [0.25, 0.3) is 15.9 Å². The predicted molar refractivity (Wildman–Crippen MR) is 96.4 cm³/mol. The van der Waals surface area contributed by atoms with Crippen molar-refractivity contribution in [2.24, 2.45) is 0 Å². The Morgan fingerprint density at radius 3 is 2.24 bits per heavy atom. The molecular weight excluding hydrogens is 340 g/mol. The number of carbonyl (C=O) groups excluding carboxylic acids is 1. The molecule has 7 heteroatoms. The summed E-state index contributed by atoms with van der Waals surface area (Å²) in [4.78, 5) is 11.1. The molecule has 0 unspecified atom stereocenters. The second kappa shape index (κ2) is 8.27. The van der Waals surface area contributed by atoms with Crippen LogP contribution in [0.15, 0.2) is 77.2 Å². The number of allylic oxidation sites excluding steroid dienone is 2. The molecule has 0 heterocycles.